The van der Waals surface area contributed by atoms with E-state index in [1.54, 1.807) is 69.2 Å². The Morgan fingerprint density at radius 3 is 1.48 bits per heavy atom. The number of hydrogen-bond donors (Lipinski definition) is 3. The zero-order chi connectivity index (χ0) is 79.8. The molecule has 0 bridgehead atoms. The summed E-state index contributed by atoms with van der Waals surface area (Å²) in [4.78, 5) is 137. The fourth-order valence-corrected chi connectivity index (χ4v) is 16.2. The van der Waals surface area contributed by atoms with Crippen molar-refractivity contribution in [3.8, 4) is 23.0 Å². The van der Waals surface area contributed by atoms with Gasteiger partial charge in [0.05, 0.1) is 79.7 Å². The molecular weight excluding hydrogens is 1480 g/mol. The number of aliphatic hydroxyl groups excluding tert-OH is 1. The average molecular weight is 1580 g/mol. The maximum Gasteiger partial charge on any atom is 1.00 e. The number of carbonyl (C=O) groups excluding carboxylic acids is 9. The number of pyridine rings is 2. The Hall–Kier alpha value is -8.03. The second-order valence-corrected chi connectivity index (χ2v) is 32.4. The number of alkyl halides is 6. The van der Waals surface area contributed by atoms with E-state index in [1.807, 2.05) is 24.3 Å². The monoisotopic (exact) mass is 1580 g/mol. The maximum absolute atomic E-state index is 14.7. The second-order valence-electron chi connectivity index (χ2n) is 32.4. The van der Waals surface area contributed by atoms with E-state index in [2.05, 4.69) is 20.6 Å². The fourth-order valence-electron chi connectivity index (χ4n) is 16.2. The average Bonchev–Trinajstić information content (AvgIpc) is 1.61. The van der Waals surface area contributed by atoms with Crippen LogP contribution in [0.5, 0.6) is 23.0 Å². The third-order valence-corrected chi connectivity index (χ3v) is 21.2. The van der Waals surface area contributed by atoms with Crippen LogP contribution in [0.3, 0.4) is 0 Å². The fraction of sp³-hybridized carbons (Fsp3) is 0.613. The normalized spacial score (nSPS) is 28.0. The molecule has 2 aliphatic carbocycles. The molecule has 8 aliphatic rings. The number of rotatable bonds is 12. The van der Waals surface area contributed by atoms with Crippen molar-refractivity contribution < 1.29 is 143 Å². The Labute approximate surface area is 671 Å². The quantitative estimate of drug-likeness (QED) is 0.0392. The Bertz CT molecular complexity index is 4330. The van der Waals surface area contributed by atoms with Crippen LogP contribution in [0.2, 0.25) is 0 Å². The van der Waals surface area contributed by atoms with Gasteiger partial charge in [0.25, 0.3) is 0 Å². The molecular formula is C80H99BF6N6NaO18. The first-order valence-corrected chi connectivity index (χ1v) is 37.9. The van der Waals surface area contributed by atoms with Gasteiger partial charge in [-0.25, -0.2) is 19.6 Å². The minimum Gasteiger partial charge on any atom is -1.00 e. The summed E-state index contributed by atoms with van der Waals surface area (Å²) in [6.45, 7) is 13.9. The zero-order valence-electron chi connectivity index (χ0n) is 66.3. The molecule has 12 rings (SSSR count). The molecule has 11 atom stereocenters. The van der Waals surface area contributed by atoms with E-state index in [4.69, 9.17) is 37.9 Å². The number of aromatic nitrogens is 2. The third-order valence-electron chi connectivity index (χ3n) is 21.2. The first-order chi connectivity index (χ1) is 51.7. The Balaban J connectivity index is 0.000000276. The molecule has 2 saturated carbocycles. The Kier molecular flexibility index (Phi) is 27.1. The van der Waals surface area contributed by atoms with Crippen LogP contribution >= 0.6 is 0 Å². The standard InChI is InChI=1S/C40H50F3N3O9.C40H48F3N3O9.B.Na.H/c2*1-6-52-36(51)39-18-25(39)13-11-9-7-8-10-12-24(16-31(48)54-37(3,4)5)35(50)46-21-38(19-29(46)34(49)45-39)20-30(47)32-27-17-26(53-22-40(41,42)43)14-15-28(27)44-23(2)33(32)55-38;;;/h11,13-15,17,24-25,29-30,47H,6-10,12,16,18-22H2,1-5H3,(H,45,49);11,13-15,17,24-25,29H,6-10,12,16,18-22H2,1-5H3,(H,45,49);;;/q;;;+1;-1/b2*13-11-;;;/t24-,25-,29+,30?,38+,39-;24-,25-,29+,38+,39-;;;/m11.../s1. The Morgan fingerprint density at radius 1 is 0.598 bits per heavy atom. The van der Waals surface area contributed by atoms with Gasteiger partial charge in [-0.05, 0) is 157 Å². The van der Waals surface area contributed by atoms with Crippen molar-refractivity contribution in [2.24, 2.45) is 23.7 Å². The summed E-state index contributed by atoms with van der Waals surface area (Å²) in [6, 6.07) is 6.03. The molecule has 1 unspecified atom stereocenters. The molecule has 112 heavy (non-hydrogen) atoms. The minimum absolute atomic E-state index is 0. The van der Waals surface area contributed by atoms with Crippen molar-refractivity contribution in [2.75, 3.05) is 39.5 Å². The molecule has 4 fully saturated rings. The molecule has 2 spiro atoms. The zero-order valence-corrected chi connectivity index (χ0v) is 67.3. The van der Waals surface area contributed by atoms with Gasteiger partial charge in [0, 0.05) is 67.7 Å². The summed E-state index contributed by atoms with van der Waals surface area (Å²) in [5, 5.41) is 18.3. The number of benzene rings is 2. The summed E-state index contributed by atoms with van der Waals surface area (Å²) in [6.07, 6.45) is 3.84. The van der Waals surface area contributed by atoms with E-state index >= 15 is 0 Å². The second kappa shape index (κ2) is 34.6. The van der Waals surface area contributed by atoms with Crippen LogP contribution in [0.4, 0.5) is 26.3 Å². The van der Waals surface area contributed by atoms with Gasteiger partial charge in [0.15, 0.2) is 24.7 Å². The summed E-state index contributed by atoms with van der Waals surface area (Å²) >= 11 is 0. The minimum atomic E-state index is -4.58. The summed E-state index contributed by atoms with van der Waals surface area (Å²) in [5.74, 6) is -7.00. The number of aryl methyl sites for hydroxylation is 2. The van der Waals surface area contributed by atoms with Crippen molar-refractivity contribution >= 4 is 83.5 Å². The van der Waals surface area contributed by atoms with Gasteiger partial charge in [-0.15, -0.1) is 0 Å². The molecule has 603 valence electrons. The van der Waals surface area contributed by atoms with Gasteiger partial charge in [-0.2, -0.15) is 26.3 Å². The van der Waals surface area contributed by atoms with Gasteiger partial charge in [-0.1, -0.05) is 50.0 Å². The van der Waals surface area contributed by atoms with Gasteiger partial charge < -0.3 is 64.9 Å². The number of ketones is 1. The van der Waals surface area contributed by atoms with Gasteiger partial charge >= 0.3 is 65.8 Å². The number of allylic oxidation sites excluding steroid dienone is 2. The van der Waals surface area contributed by atoms with Gasteiger partial charge in [0.2, 0.25) is 23.6 Å². The number of fused-ring (bicyclic) bond motifs is 10. The third kappa shape index (κ3) is 20.4. The molecule has 32 heteroatoms. The molecule has 8 heterocycles. The largest absolute Gasteiger partial charge is 1.00 e. The number of aliphatic hydroxyl groups is 1. The first kappa shape index (κ1) is 87.9. The molecule has 2 aromatic heterocycles. The van der Waals surface area contributed by atoms with Crippen LogP contribution in [-0.4, -0.2) is 184 Å². The number of halogens is 6. The number of carbonyl (C=O) groups is 9. The van der Waals surface area contributed by atoms with Gasteiger partial charge in [-0.3, -0.25) is 33.6 Å². The molecule has 2 aromatic carbocycles. The van der Waals surface area contributed by atoms with Crippen molar-refractivity contribution in [3.05, 3.63) is 83.2 Å². The smallest absolute Gasteiger partial charge is 1.00 e. The van der Waals surface area contributed by atoms with Crippen LogP contribution in [0.25, 0.3) is 21.8 Å². The summed E-state index contributed by atoms with van der Waals surface area (Å²) < 4.78 is 123. The summed E-state index contributed by atoms with van der Waals surface area (Å²) in [5.41, 5.74) is -5.04. The SMILES string of the molecule is CCOC(=O)[C@@]12C[C@H]1/C=C\CCCCC[C@H](CC(=O)OC(C)(C)C)C(=O)N1C[C@@]3(CC(=O)c4c(c(C)nc5ccc(OCC(F)(F)F)cc45)O3)C[C@H]1C(=O)N2.CCOC(=O)[C@@]12C[C@H]1/C=C\CCCCC[C@H](CC(=O)OC(C)(C)C)C(=O)N1C[C@@]3(CC(O)c4c(c(C)nc5ccc(OCC(F)(F)F)cc45)O3)C[C@H]1C(=O)N2.[B].[H-].[Na+]. The van der Waals surface area contributed by atoms with Crippen molar-refractivity contribution in [2.45, 2.75) is 249 Å². The molecule has 3 radical (unpaired) electrons. The van der Waals surface area contributed by atoms with E-state index < -0.39 is 142 Å². The molecule has 6 aliphatic heterocycles. The predicted octanol–water partition coefficient (Wildman–Crippen LogP) is 8.78. The van der Waals surface area contributed by atoms with Crippen molar-refractivity contribution in [1.82, 2.24) is 30.4 Å². The summed E-state index contributed by atoms with van der Waals surface area (Å²) in [7, 11) is 0. The predicted molar refractivity (Wildman–Crippen MR) is 392 cm³/mol. The number of hydrogen-bond acceptors (Lipinski definition) is 20. The van der Waals surface area contributed by atoms with E-state index in [0.29, 0.717) is 71.9 Å². The van der Waals surface area contributed by atoms with Crippen LogP contribution in [0, 0.1) is 37.5 Å². The van der Waals surface area contributed by atoms with E-state index in [-0.39, 0.29) is 150 Å². The van der Waals surface area contributed by atoms with E-state index in [1.165, 1.54) is 46.2 Å². The van der Waals surface area contributed by atoms with E-state index in [9.17, 15) is 74.6 Å². The Morgan fingerprint density at radius 2 is 1.03 bits per heavy atom. The van der Waals surface area contributed by atoms with Crippen molar-refractivity contribution in [1.29, 1.82) is 0 Å². The molecule has 4 amide bonds. The van der Waals surface area contributed by atoms with Crippen molar-refractivity contribution in [3.63, 3.8) is 0 Å². The number of amides is 4. The van der Waals surface area contributed by atoms with E-state index in [0.717, 1.165) is 38.5 Å². The van der Waals surface area contributed by atoms with Crippen LogP contribution in [-0.2, 0) is 57.3 Å². The first-order valence-electron chi connectivity index (χ1n) is 37.9. The van der Waals surface area contributed by atoms with Crippen LogP contribution in [0.15, 0.2) is 60.7 Å². The number of ether oxygens (including phenoxy) is 8. The maximum atomic E-state index is 14.7. The number of Topliss-reactive ketones (excluding diaryl/α,β-unsaturated/α-hetero) is 1. The van der Waals surface area contributed by atoms with Crippen LogP contribution < -0.4 is 59.1 Å². The molecule has 2 saturated heterocycles. The topological polar surface area (TPSA) is 304 Å². The molecule has 3 N–H and O–H groups in total. The number of nitrogens with zero attached hydrogens (tertiary/aromatic N) is 4. The number of nitrogens with one attached hydrogen (secondary N) is 2. The molecule has 4 aromatic rings. The van der Waals surface area contributed by atoms with Crippen LogP contribution in [0.1, 0.15) is 206 Å². The van der Waals surface area contributed by atoms with Gasteiger partial charge in [0.1, 0.15) is 62.8 Å². The number of esters is 4. The molecule has 24 nitrogen and oxygen atoms in total.